The third-order valence-electron chi connectivity index (χ3n) is 3.09. The van der Waals surface area contributed by atoms with Crippen LogP contribution in [0.4, 0.5) is 15.8 Å². The van der Waals surface area contributed by atoms with Gasteiger partial charge in [0.25, 0.3) is 5.56 Å². The number of nitrogens with one attached hydrogen (secondary N) is 2. The number of hydrogen-bond acceptors (Lipinski definition) is 3. The molecule has 0 saturated heterocycles. The molecule has 0 saturated carbocycles. The van der Waals surface area contributed by atoms with Gasteiger partial charge in [-0.25, -0.2) is 4.39 Å². The van der Waals surface area contributed by atoms with Crippen molar-refractivity contribution in [3.63, 3.8) is 0 Å². The van der Waals surface area contributed by atoms with Gasteiger partial charge in [-0.3, -0.25) is 14.4 Å². The van der Waals surface area contributed by atoms with Gasteiger partial charge in [0.15, 0.2) is 0 Å². The van der Waals surface area contributed by atoms with Crippen LogP contribution >= 0.6 is 15.9 Å². The summed E-state index contributed by atoms with van der Waals surface area (Å²) in [4.78, 5) is 34.7. The minimum Gasteiger partial charge on any atom is -0.326 e. The molecule has 1 aromatic carbocycles. The van der Waals surface area contributed by atoms with Gasteiger partial charge in [0.2, 0.25) is 11.8 Å². The fraction of sp³-hybridized carbons (Fsp3) is 0.188. The van der Waals surface area contributed by atoms with Crippen molar-refractivity contribution in [2.24, 2.45) is 0 Å². The maximum absolute atomic E-state index is 13.5. The molecular weight excluding hydrogens is 381 g/mol. The third-order valence-corrected chi connectivity index (χ3v) is 3.56. The van der Waals surface area contributed by atoms with Crippen molar-refractivity contribution in [1.29, 1.82) is 0 Å². The van der Waals surface area contributed by atoms with E-state index in [1.165, 1.54) is 29.7 Å². The molecule has 0 bridgehead atoms. The SMILES string of the molecule is CC(=O)Nc1cc(NC(=O)CCn2cc(Br)ccc2=O)ccc1F. The van der Waals surface area contributed by atoms with E-state index in [0.29, 0.717) is 5.69 Å². The average molecular weight is 396 g/mol. The molecule has 0 unspecified atom stereocenters. The van der Waals surface area contributed by atoms with Crippen LogP contribution in [0.15, 0.2) is 45.8 Å². The Bertz CT molecular complexity index is 836. The van der Waals surface area contributed by atoms with Crippen LogP contribution in [0.5, 0.6) is 0 Å². The van der Waals surface area contributed by atoms with E-state index >= 15 is 0 Å². The average Bonchev–Trinajstić information content (AvgIpc) is 2.51. The Morgan fingerprint density at radius 2 is 1.96 bits per heavy atom. The van der Waals surface area contributed by atoms with Gasteiger partial charge in [0, 0.05) is 42.3 Å². The monoisotopic (exact) mass is 395 g/mol. The summed E-state index contributed by atoms with van der Waals surface area (Å²) in [6, 6.07) is 6.91. The van der Waals surface area contributed by atoms with Gasteiger partial charge in [-0.2, -0.15) is 0 Å². The zero-order valence-electron chi connectivity index (χ0n) is 12.8. The van der Waals surface area contributed by atoms with Crippen LogP contribution in [0.1, 0.15) is 13.3 Å². The van der Waals surface area contributed by atoms with Crippen molar-refractivity contribution in [3.8, 4) is 0 Å². The summed E-state index contributed by atoms with van der Waals surface area (Å²) < 4.78 is 15.7. The molecule has 8 heteroatoms. The summed E-state index contributed by atoms with van der Waals surface area (Å²) in [5.74, 6) is -1.34. The lowest BCUT2D eigenvalue weighted by Gasteiger charge is -2.10. The molecule has 0 aliphatic rings. The molecule has 1 heterocycles. The molecule has 2 N–H and O–H groups in total. The number of carbonyl (C=O) groups excluding carboxylic acids is 2. The molecule has 0 radical (unpaired) electrons. The predicted molar refractivity (Wildman–Crippen MR) is 92.4 cm³/mol. The van der Waals surface area contributed by atoms with Crippen molar-refractivity contribution < 1.29 is 14.0 Å². The summed E-state index contributed by atoms with van der Waals surface area (Å²) in [7, 11) is 0. The Morgan fingerprint density at radius 1 is 1.21 bits per heavy atom. The Morgan fingerprint density at radius 3 is 2.67 bits per heavy atom. The number of aromatic nitrogens is 1. The van der Waals surface area contributed by atoms with Crippen molar-refractivity contribution in [2.45, 2.75) is 19.9 Å². The Balaban J connectivity index is 2.01. The first-order chi connectivity index (χ1) is 11.3. The van der Waals surface area contributed by atoms with E-state index in [1.54, 1.807) is 12.3 Å². The highest BCUT2D eigenvalue weighted by atomic mass is 79.9. The lowest BCUT2D eigenvalue weighted by Crippen LogP contribution is -2.22. The normalized spacial score (nSPS) is 10.3. The summed E-state index contributed by atoms with van der Waals surface area (Å²) in [6.07, 6.45) is 1.67. The highest BCUT2D eigenvalue weighted by Crippen LogP contribution is 2.19. The second-order valence-electron chi connectivity index (χ2n) is 5.05. The minimum absolute atomic E-state index is 0.0106. The first kappa shape index (κ1) is 17.9. The van der Waals surface area contributed by atoms with Crippen LogP contribution in [0.3, 0.4) is 0 Å². The second-order valence-corrected chi connectivity index (χ2v) is 5.97. The quantitative estimate of drug-likeness (QED) is 0.816. The molecule has 0 atom stereocenters. The lowest BCUT2D eigenvalue weighted by atomic mass is 10.2. The molecule has 2 aromatic rings. The topological polar surface area (TPSA) is 80.2 Å². The maximum Gasteiger partial charge on any atom is 0.250 e. The Kier molecular flexibility index (Phi) is 5.86. The molecule has 0 spiro atoms. The van der Waals surface area contributed by atoms with E-state index in [-0.39, 0.29) is 30.1 Å². The number of rotatable bonds is 5. The van der Waals surface area contributed by atoms with Gasteiger partial charge >= 0.3 is 0 Å². The summed E-state index contributed by atoms with van der Waals surface area (Å²) in [5, 5.41) is 4.95. The van der Waals surface area contributed by atoms with Crippen LogP contribution in [0, 0.1) is 5.82 Å². The molecule has 2 rings (SSSR count). The van der Waals surface area contributed by atoms with Crippen LogP contribution in [-0.2, 0) is 16.1 Å². The minimum atomic E-state index is -0.594. The molecule has 126 valence electrons. The van der Waals surface area contributed by atoms with Crippen molar-refractivity contribution in [2.75, 3.05) is 10.6 Å². The van der Waals surface area contributed by atoms with Crippen molar-refractivity contribution in [3.05, 3.63) is 57.2 Å². The lowest BCUT2D eigenvalue weighted by molar-refractivity contribution is -0.116. The second kappa shape index (κ2) is 7.87. The van der Waals surface area contributed by atoms with E-state index in [4.69, 9.17) is 0 Å². The number of carbonyl (C=O) groups is 2. The first-order valence-electron chi connectivity index (χ1n) is 7.08. The van der Waals surface area contributed by atoms with Gasteiger partial charge < -0.3 is 15.2 Å². The van der Waals surface area contributed by atoms with Gasteiger partial charge in [0.1, 0.15) is 5.82 Å². The largest absolute Gasteiger partial charge is 0.326 e. The molecule has 24 heavy (non-hydrogen) atoms. The zero-order chi connectivity index (χ0) is 17.7. The van der Waals surface area contributed by atoms with E-state index < -0.39 is 11.7 Å². The smallest absolute Gasteiger partial charge is 0.250 e. The summed E-state index contributed by atoms with van der Waals surface area (Å²) in [6.45, 7) is 1.48. The third kappa shape index (κ3) is 5.02. The van der Waals surface area contributed by atoms with E-state index in [9.17, 15) is 18.8 Å². The number of aryl methyl sites for hydroxylation is 1. The fourth-order valence-electron chi connectivity index (χ4n) is 2.01. The van der Waals surface area contributed by atoms with Gasteiger partial charge in [-0.1, -0.05) is 0 Å². The Labute approximate surface area is 145 Å². The van der Waals surface area contributed by atoms with Crippen LogP contribution in [0.25, 0.3) is 0 Å². The van der Waals surface area contributed by atoms with Gasteiger partial charge in [-0.15, -0.1) is 0 Å². The van der Waals surface area contributed by atoms with Crippen LogP contribution in [0.2, 0.25) is 0 Å². The molecule has 1 aromatic heterocycles. The summed E-state index contributed by atoms with van der Waals surface area (Å²) >= 11 is 3.26. The predicted octanol–water partition coefficient (Wildman–Crippen LogP) is 2.74. The molecule has 2 amide bonds. The first-order valence-corrected chi connectivity index (χ1v) is 7.87. The standard InChI is InChI=1S/C16H15BrFN3O3/c1-10(22)19-14-8-12(3-4-13(14)18)20-15(23)6-7-21-9-11(17)2-5-16(21)24/h2-5,8-9H,6-7H2,1H3,(H,19,22)(H,20,23). The molecule has 0 fully saturated rings. The molecule has 0 aliphatic heterocycles. The Hall–Kier alpha value is -2.48. The number of amides is 2. The van der Waals surface area contributed by atoms with Crippen molar-refractivity contribution in [1.82, 2.24) is 4.57 Å². The molecule has 0 aliphatic carbocycles. The number of pyridine rings is 1. The van der Waals surface area contributed by atoms with E-state index in [2.05, 4.69) is 26.6 Å². The highest BCUT2D eigenvalue weighted by Gasteiger charge is 2.08. The molecular formula is C16H15BrFN3O3. The van der Waals surface area contributed by atoms with Crippen molar-refractivity contribution >= 4 is 39.1 Å². The number of hydrogen-bond donors (Lipinski definition) is 2. The number of benzene rings is 1. The van der Waals surface area contributed by atoms with Crippen LogP contribution in [-0.4, -0.2) is 16.4 Å². The number of halogens is 2. The number of anilines is 2. The highest BCUT2D eigenvalue weighted by molar-refractivity contribution is 9.10. The zero-order valence-corrected chi connectivity index (χ0v) is 14.4. The summed E-state index contributed by atoms with van der Waals surface area (Å²) in [5.41, 5.74) is 0.135. The van der Waals surface area contributed by atoms with Gasteiger partial charge in [-0.05, 0) is 40.2 Å². The van der Waals surface area contributed by atoms with E-state index in [0.717, 1.165) is 10.5 Å². The number of nitrogens with zero attached hydrogens (tertiary/aromatic N) is 1. The maximum atomic E-state index is 13.5. The van der Waals surface area contributed by atoms with Crippen LogP contribution < -0.4 is 16.2 Å². The van der Waals surface area contributed by atoms with E-state index in [1.807, 2.05) is 0 Å². The fourth-order valence-corrected chi connectivity index (χ4v) is 2.39. The molecule has 6 nitrogen and oxygen atoms in total. The van der Waals surface area contributed by atoms with Gasteiger partial charge in [0.05, 0.1) is 5.69 Å².